The predicted molar refractivity (Wildman–Crippen MR) is 35.7 cm³/mol. The van der Waals surface area contributed by atoms with Gasteiger partial charge in [0.05, 0.1) is 12.0 Å². The van der Waals surface area contributed by atoms with Crippen LogP contribution < -0.4 is 34.9 Å². The van der Waals surface area contributed by atoms with Crippen LogP contribution in [0.5, 0.6) is 0 Å². The van der Waals surface area contributed by atoms with E-state index < -0.39 is 18.0 Å². The van der Waals surface area contributed by atoms with E-state index in [0.717, 1.165) is 0 Å². The average molecular weight is 169 g/mol. The number of carbonyl (C=O) groups is 1. The molecule has 11 heavy (non-hydrogen) atoms. The molecule has 0 spiro atoms. The minimum atomic E-state index is -0.828. The number of piperidine rings is 1. The van der Waals surface area contributed by atoms with Crippen LogP contribution in [-0.2, 0) is 4.79 Å². The fourth-order valence-electron chi connectivity index (χ4n) is 1.11. The SMILES string of the molecule is O=C(O)[C@H]1CNC[C@@H](O)C1.[H-].[Na+]. The molecule has 0 bridgehead atoms. The number of aliphatic hydroxyl groups excluding tert-OH is 1. The van der Waals surface area contributed by atoms with Gasteiger partial charge >= 0.3 is 35.5 Å². The zero-order valence-corrected chi connectivity index (χ0v) is 8.58. The number of carboxylic acid groups (broad SMARTS) is 1. The third-order valence-electron chi connectivity index (χ3n) is 1.68. The van der Waals surface area contributed by atoms with Gasteiger partial charge in [-0.05, 0) is 6.42 Å². The Morgan fingerprint density at radius 2 is 2.18 bits per heavy atom. The first-order valence-electron chi connectivity index (χ1n) is 3.31. The molecule has 0 amide bonds. The molecule has 1 rings (SSSR count). The summed E-state index contributed by atoms with van der Waals surface area (Å²) in [5.74, 6) is -1.24. The predicted octanol–water partition coefficient (Wildman–Crippen LogP) is -3.84. The fourth-order valence-corrected chi connectivity index (χ4v) is 1.11. The first-order chi connectivity index (χ1) is 4.70. The van der Waals surface area contributed by atoms with Crippen molar-refractivity contribution in [3.8, 4) is 0 Å². The summed E-state index contributed by atoms with van der Waals surface area (Å²) in [7, 11) is 0. The van der Waals surface area contributed by atoms with Crippen LogP contribution in [0.15, 0.2) is 0 Å². The van der Waals surface area contributed by atoms with Crippen molar-refractivity contribution in [1.29, 1.82) is 0 Å². The largest absolute Gasteiger partial charge is 1.00 e. The molecule has 1 saturated heterocycles. The van der Waals surface area contributed by atoms with E-state index in [9.17, 15) is 4.79 Å². The standard InChI is InChI=1S/C6H11NO3.Na.H/c8-5-1-4(6(9)10)2-7-3-5;;/h4-5,7-8H,1-3H2,(H,9,10);;/q;+1;-1/t4-,5+;;/m1../s1. The van der Waals surface area contributed by atoms with Crippen LogP contribution in [0.1, 0.15) is 7.85 Å². The Labute approximate surface area is 88.8 Å². The van der Waals surface area contributed by atoms with E-state index in [1.807, 2.05) is 0 Å². The van der Waals surface area contributed by atoms with E-state index in [4.69, 9.17) is 10.2 Å². The van der Waals surface area contributed by atoms with Gasteiger partial charge in [0, 0.05) is 13.1 Å². The maximum Gasteiger partial charge on any atom is 1.00 e. The molecule has 1 heterocycles. The van der Waals surface area contributed by atoms with Crippen molar-refractivity contribution in [3.05, 3.63) is 0 Å². The Balaban J connectivity index is 0. The van der Waals surface area contributed by atoms with Gasteiger partial charge in [0.2, 0.25) is 0 Å². The smallest absolute Gasteiger partial charge is 1.00 e. The summed E-state index contributed by atoms with van der Waals surface area (Å²) in [4.78, 5) is 10.3. The number of rotatable bonds is 1. The van der Waals surface area contributed by atoms with Crippen molar-refractivity contribution in [2.45, 2.75) is 12.5 Å². The number of aliphatic carboxylic acids is 1. The van der Waals surface area contributed by atoms with Crippen molar-refractivity contribution < 1.29 is 46.0 Å². The molecule has 0 saturated carbocycles. The molecule has 1 fully saturated rings. The van der Waals surface area contributed by atoms with Crippen LogP contribution in [0.3, 0.4) is 0 Å². The quantitative estimate of drug-likeness (QED) is 0.352. The molecule has 0 aromatic carbocycles. The van der Waals surface area contributed by atoms with Gasteiger partial charge < -0.3 is 17.0 Å². The zero-order chi connectivity index (χ0) is 7.56. The first kappa shape index (κ1) is 11.4. The van der Waals surface area contributed by atoms with Gasteiger partial charge in [0.1, 0.15) is 0 Å². The molecular weight excluding hydrogens is 157 g/mol. The summed E-state index contributed by atoms with van der Waals surface area (Å²) >= 11 is 0. The Morgan fingerprint density at radius 1 is 1.55 bits per heavy atom. The summed E-state index contributed by atoms with van der Waals surface area (Å²) in [6.07, 6.45) is -0.114. The van der Waals surface area contributed by atoms with Gasteiger partial charge in [-0.25, -0.2) is 0 Å². The van der Waals surface area contributed by atoms with Crippen LogP contribution >= 0.6 is 0 Å². The maximum atomic E-state index is 10.3. The fraction of sp³-hybridized carbons (Fsp3) is 0.833. The molecule has 0 aliphatic carbocycles. The van der Waals surface area contributed by atoms with Crippen molar-refractivity contribution in [3.63, 3.8) is 0 Å². The van der Waals surface area contributed by atoms with Crippen LogP contribution in [-0.4, -0.2) is 35.4 Å². The van der Waals surface area contributed by atoms with Crippen molar-refractivity contribution in [2.75, 3.05) is 13.1 Å². The summed E-state index contributed by atoms with van der Waals surface area (Å²) in [6.45, 7) is 0.996. The molecule has 5 heteroatoms. The third-order valence-corrected chi connectivity index (χ3v) is 1.68. The van der Waals surface area contributed by atoms with Crippen LogP contribution in [0.2, 0.25) is 0 Å². The molecule has 1 aliphatic heterocycles. The molecular formula is C6H12NNaO3. The number of hydrogen-bond acceptors (Lipinski definition) is 3. The van der Waals surface area contributed by atoms with Crippen LogP contribution in [0, 0.1) is 5.92 Å². The van der Waals surface area contributed by atoms with Gasteiger partial charge in [-0.1, -0.05) is 0 Å². The molecule has 2 atom stereocenters. The molecule has 0 aromatic rings. The Hall–Kier alpha value is 0.390. The van der Waals surface area contributed by atoms with Crippen molar-refractivity contribution in [2.24, 2.45) is 5.92 Å². The molecule has 0 aromatic heterocycles. The van der Waals surface area contributed by atoms with E-state index in [-0.39, 0.29) is 31.0 Å². The Bertz CT molecular complexity index is 147. The molecule has 1 aliphatic rings. The van der Waals surface area contributed by atoms with Crippen LogP contribution in [0.4, 0.5) is 0 Å². The van der Waals surface area contributed by atoms with E-state index in [2.05, 4.69) is 5.32 Å². The van der Waals surface area contributed by atoms with Crippen molar-refractivity contribution >= 4 is 5.97 Å². The number of aliphatic hydroxyl groups is 1. The summed E-state index contributed by atoms with van der Waals surface area (Å²) in [5.41, 5.74) is 0. The topological polar surface area (TPSA) is 69.6 Å². The van der Waals surface area contributed by atoms with Gasteiger partial charge in [0.15, 0.2) is 0 Å². The second kappa shape index (κ2) is 5.11. The normalized spacial score (nSPS) is 30.6. The number of carboxylic acids is 1. The second-order valence-corrected chi connectivity index (χ2v) is 2.58. The van der Waals surface area contributed by atoms with Crippen LogP contribution in [0.25, 0.3) is 0 Å². The first-order valence-corrected chi connectivity index (χ1v) is 3.31. The molecule has 60 valence electrons. The Morgan fingerprint density at radius 3 is 2.55 bits per heavy atom. The molecule has 4 nitrogen and oxygen atoms in total. The van der Waals surface area contributed by atoms with Crippen molar-refractivity contribution in [1.82, 2.24) is 5.32 Å². The Kier molecular flexibility index (Phi) is 5.29. The minimum Gasteiger partial charge on any atom is -1.00 e. The van der Waals surface area contributed by atoms with E-state index in [1.54, 1.807) is 0 Å². The van der Waals surface area contributed by atoms with E-state index in [0.29, 0.717) is 19.5 Å². The van der Waals surface area contributed by atoms with E-state index >= 15 is 0 Å². The molecule has 0 unspecified atom stereocenters. The average Bonchev–Trinajstić information content (AvgIpc) is 1.88. The maximum absolute atomic E-state index is 10.3. The van der Waals surface area contributed by atoms with Gasteiger partial charge in [0.25, 0.3) is 0 Å². The summed E-state index contributed by atoms with van der Waals surface area (Å²) < 4.78 is 0. The zero-order valence-electron chi connectivity index (χ0n) is 7.58. The number of nitrogens with one attached hydrogen (secondary N) is 1. The van der Waals surface area contributed by atoms with E-state index in [1.165, 1.54) is 0 Å². The summed E-state index contributed by atoms with van der Waals surface area (Å²) in [5, 5.41) is 20.3. The molecule has 3 N–H and O–H groups in total. The minimum absolute atomic E-state index is 0. The summed E-state index contributed by atoms with van der Waals surface area (Å²) in [6, 6.07) is 0. The van der Waals surface area contributed by atoms with Gasteiger partial charge in [-0.2, -0.15) is 0 Å². The number of β-amino-alcohol motifs (C(OH)–C–C–N with tert-alkyl or cyclic N) is 1. The van der Waals surface area contributed by atoms with Gasteiger partial charge in [-0.15, -0.1) is 0 Å². The van der Waals surface area contributed by atoms with Gasteiger partial charge in [-0.3, -0.25) is 4.79 Å². The number of hydrogen-bond donors (Lipinski definition) is 3. The second-order valence-electron chi connectivity index (χ2n) is 2.58. The monoisotopic (exact) mass is 169 g/mol. The third kappa shape index (κ3) is 3.53. The molecule has 0 radical (unpaired) electrons.